The van der Waals surface area contributed by atoms with E-state index in [9.17, 15) is 4.79 Å². The number of nitrogens with one attached hydrogen (secondary N) is 1. The quantitative estimate of drug-likeness (QED) is 0.560. The SMILES string of the molecule is O=C(O)c1ccc(-c2noc3c(NCC4CCOCC4)nc(OC4CCCC4)nc23)cc1. The third-order valence-electron chi connectivity index (χ3n) is 6.18. The van der Waals surface area contributed by atoms with Crippen molar-refractivity contribution in [2.75, 3.05) is 25.1 Å². The third-order valence-corrected chi connectivity index (χ3v) is 6.18. The number of carboxylic acid groups (broad SMARTS) is 1. The van der Waals surface area contributed by atoms with E-state index < -0.39 is 5.97 Å². The van der Waals surface area contributed by atoms with Crippen molar-refractivity contribution < 1.29 is 23.9 Å². The fraction of sp³-hybridized carbons (Fsp3) is 0.478. The number of aromatic nitrogens is 3. The number of fused-ring (bicyclic) bond motifs is 1. The summed E-state index contributed by atoms with van der Waals surface area (Å²) in [6.45, 7) is 2.31. The van der Waals surface area contributed by atoms with E-state index in [-0.39, 0.29) is 11.7 Å². The highest BCUT2D eigenvalue weighted by molar-refractivity contribution is 5.95. The second-order valence-corrected chi connectivity index (χ2v) is 8.41. The molecule has 0 bridgehead atoms. The smallest absolute Gasteiger partial charge is 0.335 e. The number of nitrogens with zero attached hydrogens (tertiary/aromatic N) is 3. The molecule has 0 unspecified atom stereocenters. The largest absolute Gasteiger partial charge is 0.478 e. The fourth-order valence-corrected chi connectivity index (χ4v) is 4.29. The van der Waals surface area contributed by atoms with Gasteiger partial charge in [0.05, 0.1) is 5.56 Å². The second-order valence-electron chi connectivity index (χ2n) is 8.41. The molecule has 168 valence electrons. The Morgan fingerprint density at radius 1 is 1.09 bits per heavy atom. The Labute approximate surface area is 185 Å². The molecule has 0 atom stereocenters. The molecular formula is C23H26N4O5. The van der Waals surface area contributed by atoms with E-state index in [1.54, 1.807) is 24.3 Å². The first-order chi connectivity index (χ1) is 15.7. The molecule has 9 nitrogen and oxygen atoms in total. The first kappa shape index (κ1) is 20.7. The summed E-state index contributed by atoms with van der Waals surface area (Å²) in [5.41, 5.74) is 2.47. The Bertz CT molecular complexity index is 1090. The molecule has 9 heteroatoms. The summed E-state index contributed by atoms with van der Waals surface area (Å²) in [5.74, 6) is 0.0880. The van der Waals surface area contributed by atoms with Gasteiger partial charge in [-0.25, -0.2) is 4.79 Å². The lowest BCUT2D eigenvalue weighted by molar-refractivity contribution is 0.0694. The van der Waals surface area contributed by atoms with Gasteiger partial charge in [-0.15, -0.1) is 0 Å². The van der Waals surface area contributed by atoms with Crippen LogP contribution in [0.25, 0.3) is 22.4 Å². The van der Waals surface area contributed by atoms with Gasteiger partial charge in [0.2, 0.25) is 5.58 Å². The van der Waals surface area contributed by atoms with Crippen LogP contribution in [-0.2, 0) is 4.74 Å². The van der Waals surface area contributed by atoms with Crippen LogP contribution in [0.2, 0.25) is 0 Å². The zero-order chi connectivity index (χ0) is 21.9. The molecule has 2 aliphatic rings. The van der Waals surface area contributed by atoms with E-state index in [1.165, 1.54) is 0 Å². The van der Waals surface area contributed by atoms with Crippen molar-refractivity contribution in [3.63, 3.8) is 0 Å². The molecule has 3 heterocycles. The van der Waals surface area contributed by atoms with E-state index >= 15 is 0 Å². The summed E-state index contributed by atoms with van der Waals surface area (Å²) >= 11 is 0. The Morgan fingerprint density at radius 2 is 1.84 bits per heavy atom. The van der Waals surface area contributed by atoms with Gasteiger partial charge in [0.1, 0.15) is 17.3 Å². The highest BCUT2D eigenvalue weighted by Gasteiger charge is 2.23. The highest BCUT2D eigenvalue weighted by Crippen LogP contribution is 2.33. The first-order valence-electron chi connectivity index (χ1n) is 11.2. The number of rotatable bonds is 7. The number of ether oxygens (including phenoxy) is 2. The molecule has 2 fully saturated rings. The lowest BCUT2D eigenvalue weighted by atomic mass is 10.0. The number of hydrogen-bond acceptors (Lipinski definition) is 8. The second kappa shape index (κ2) is 9.12. The molecule has 1 aromatic carbocycles. The molecule has 0 spiro atoms. The molecule has 1 aliphatic carbocycles. The van der Waals surface area contributed by atoms with Gasteiger partial charge in [-0.05, 0) is 56.6 Å². The maximum atomic E-state index is 11.2. The van der Waals surface area contributed by atoms with Crippen molar-refractivity contribution >= 4 is 22.9 Å². The van der Waals surface area contributed by atoms with Gasteiger partial charge in [-0.3, -0.25) is 0 Å². The van der Waals surface area contributed by atoms with Gasteiger partial charge in [0.25, 0.3) is 0 Å². The third kappa shape index (κ3) is 4.38. The van der Waals surface area contributed by atoms with E-state index in [0.717, 1.165) is 63.8 Å². The summed E-state index contributed by atoms with van der Waals surface area (Å²) in [5, 5.41) is 16.8. The molecule has 1 saturated carbocycles. The van der Waals surface area contributed by atoms with Gasteiger partial charge >= 0.3 is 12.0 Å². The van der Waals surface area contributed by atoms with Crippen molar-refractivity contribution in [2.45, 2.75) is 44.6 Å². The van der Waals surface area contributed by atoms with Crippen LogP contribution < -0.4 is 10.1 Å². The first-order valence-corrected chi connectivity index (χ1v) is 11.2. The van der Waals surface area contributed by atoms with E-state index in [1.807, 2.05) is 0 Å². The molecule has 2 N–H and O–H groups in total. The van der Waals surface area contributed by atoms with Crippen LogP contribution in [0.4, 0.5) is 5.82 Å². The van der Waals surface area contributed by atoms with Crippen molar-refractivity contribution in [2.24, 2.45) is 5.92 Å². The number of hydrogen-bond donors (Lipinski definition) is 2. The molecule has 2 aromatic heterocycles. The topological polar surface area (TPSA) is 120 Å². The number of carboxylic acids is 1. The average Bonchev–Trinajstić information content (AvgIpc) is 3.48. The summed E-state index contributed by atoms with van der Waals surface area (Å²) in [6, 6.07) is 6.80. The van der Waals surface area contributed by atoms with Crippen LogP contribution in [0.3, 0.4) is 0 Å². The lowest BCUT2D eigenvalue weighted by Gasteiger charge is -2.22. The summed E-state index contributed by atoms with van der Waals surface area (Å²) < 4.78 is 17.2. The predicted octanol–water partition coefficient (Wildman–Crippen LogP) is 4.14. The van der Waals surface area contributed by atoms with Crippen LogP contribution in [0.15, 0.2) is 28.8 Å². The number of carbonyl (C=O) groups is 1. The Morgan fingerprint density at radius 3 is 2.56 bits per heavy atom. The summed E-state index contributed by atoms with van der Waals surface area (Å²) in [4.78, 5) is 20.4. The number of anilines is 1. The van der Waals surface area contributed by atoms with E-state index in [2.05, 4.69) is 20.4 Å². The van der Waals surface area contributed by atoms with Gasteiger partial charge in [-0.1, -0.05) is 17.3 Å². The van der Waals surface area contributed by atoms with Crippen molar-refractivity contribution in [3.8, 4) is 17.3 Å². The minimum absolute atomic E-state index is 0.119. The Kier molecular flexibility index (Phi) is 5.89. The van der Waals surface area contributed by atoms with Crippen molar-refractivity contribution in [3.05, 3.63) is 29.8 Å². The summed E-state index contributed by atoms with van der Waals surface area (Å²) in [6.07, 6.45) is 6.42. The van der Waals surface area contributed by atoms with Crippen molar-refractivity contribution in [1.82, 2.24) is 15.1 Å². The zero-order valence-corrected chi connectivity index (χ0v) is 17.7. The Hall–Kier alpha value is -3.20. The minimum Gasteiger partial charge on any atom is -0.478 e. The zero-order valence-electron chi connectivity index (χ0n) is 17.7. The maximum absolute atomic E-state index is 11.2. The van der Waals surface area contributed by atoms with Crippen LogP contribution in [0.1, 0.15) is 48.9 Å². The van der Waals surface area contributed by atoms with Crippen LogP contribution >= 0.6 is 0 Å². The predicted molar refractivity (Wildman–Crippen MR) is 117 cm³/mol. The van der Waals surface area contributed by atoms with E-state index in [0.29, 0.717) is 34.5 Å². The molecule has 5 rings (SSSR count). The highest BCUT2D eigenvalue weighted by atomic mass is 16.5. The van der Waals surface area contributed by atoms with Crippen LogP contribution in [0.5, 0.6) is 6.01 Å². The molecule has 32 heavy (non-hydrogen) atoms. The normalized spacial score (nSPS) is 17.6. The Balaban J connectivity index is 1.48. The van der Waals surface area contributed by atoms with E-state index in [4.69, 9.17) is 19.1 Å². The van der Waals surface area contributed by atoms with Gasteiger partial charge < -0.3 is 24.4 Å². The molecular weight excluding hydrogens is 412 g/mol. The van der Waals surface area contributed by atoms with Gasteiger partial charge in [0.15, 0.2) is 5.82 Å². The molecule has 0 amide bonds. The fourth-order valence-electron chi connectivity index (χ4n) is 4.29. The van der Waals surface area contributed by atoms with Crippen LogP contribution in [-0.4, -0.2) is 52.1 Å². The monoisotopic (exact) mass is 438 g/mol. The lowest BCUT2D eigenvalue weighted by Crippen LogP contribution is -2.23. The molecule has 1 saturated heterocycles. The molecule has 3 aromatic rings. The average molecular weight is 438 g/mol. The van der Waals surface area contributed by atoms with Crippen molar-refractivity contribution in [1.29, 1.82) is 0 Å². The summed E-state index contributed by atoms with van der Waals surface area (Å²) in [7, 11) is 0. The molecule has 1 aliphatic heterocycles. The minimum atomic E-state index is -0.976. The standard InChI is InChI=1S/C23H26N4O5/c28-22(29)16-7-5-15(6-8-16)18-19-20(32-27-18)21(24-13-14-9-11-30-12-10-14)26-23(25-19)31-17-3-1-2-4-17/h5-8,14,17H,1-4,9-13H2,(H,28,29)(H,24,25,26). The van der Waals surface area contributed by atoms with Crippen LogP contribution in [0, 0.1) is 5.92 Å². The number of benzene rings is 1. The van der Waals surface area contributed by atoms with Gasteiger partial charge in [0, 0.05) is 25.3 Å². The van der Waals surface area contributed by atoms with Gasteiger partial charge in [-0.2, -0.15) is 9.97 Å². The number of aromatic carboxylic acids is 1. The maximum Gasteiger partial charge on any atom is 0.335 e. The molecule has 0 radical (unpaired) electrons.